The molecule has 0 aliphatic carbocycles. The monoisotopic (exact) mass is 604 g/mol. The molecule has 4 aromatic rings. The molecule has 2 aliphatic heterocycles. The average Bonchev–Trinajstić information content (AvgIpc) is 2.96. The molecule has 2 aliphatic rings. The summed E-state index contributed by atoms with van der Waals surface area (Å²) < 4.78 is 0. The molecule has 0 radical (unpaired) electrons. The Morgan fingerprint density at radius 1 is 0.786 bits per heavy atom. The van der Waals surface area contributed by atoms with E-state index in [0.717, 1.165) is 27.9 Å². The number of nitrogens with one attached hydrogen (secondary N) is 3. The van der Waals surface area contributed by atoms with Gasteiger partial charge in [0.2, 0.25) is 0 Å². The van der Waals surface area contributed by atoms with Crippen LogP contribution in [0.2, 0.25) is 10.0 Å². The maximum Gasteiger partial charge on any atom is 0.322 e. The molecule has 0 saturated heterocycles. The molecule has 42 heavy (non-hydrogen) atoms. The minimum Gasteiger partial charge on any atom is -0.508 e. The standard InChI is InChI=1S/C17H17ClN2O2.C15H13ClN2O2/c1-3-20-16(22)19-14-10-15(21)13(18)9-12(14)17(20,2)11-7-5-4-6-8-11;1-15(9-2-5-11(19)6-3-9)12-8-10(16)4-7-13(12)17-14(20)18-15/h4-10,21H,3H2,1-2H3,(H,19,22);2-8,19H,1H3,(H2,17,18,20). The van der Waals surface area contributed by atoms with Crippen LogP contribution in [0, 0.1) is 0 Å². The van der Waals surface area contributed by atoms with E-state index in [1.54, 1.807) is 47.4 Å². The molecular formula is C32H30Cl2N4O4. The van der Waals surface area contributed by atoms with Crippen LogP contribution < -0.4 is 16.0 Å². The van der Waals surface area contributed by atoms with Gasteiger partial charge in [0.05, 0.1) is 21.8 Å². The van der Waals surface area contributed by atoms with Gasteiger partial charge in [-0.25, -0.2) is 9.59 Å². The Kier molecular flexibility index (Phi) is 7.70. The van der Waals surface area contributed by atoms with Gasteiger partial charge in [0.25, 0.3) is 0 Å². The number of carbonyl (C=O) groups is 2. The fourth-order valence-electron chi connectivity index (χ4n) is 5.64. The van der Waals surface area contributed by atoms with Gasteiger partial charge >= 0.3 is 12.1 Å². The van der Waals surface area contributed by atoms with Gasteiger partial charge in [-0.2, -0.15) is 0 Å². The molecule has 6 rings (SSSR count). The Morgan fingerprint density at radius 2 is 1.48 bits per heavy atom. The van der Waals surface area contributed by atoms with Crippen LogP contribution in [0.3, 0.4) is 0 Å². The molecule has 0 fully saturated rings. The third kappa shape index (κ3) is 5.08. The predicted octanol–water partition coefficient (Wildman–Crippen LogP) is 7.62. The summed E-state index contributed by atoms with van der Waals surface area (Å²) >= 11 is 12.2. The summed E-state index contributed by atoms with van der Waals surface area (Å²) in [6.45, 7) is 6.40. The van der Waals surface area contributed by atoms with E-state index in [-0.39, 0.29) is 28.6 Å². The molecular weight excluding hydrogens is 575 g/mol. The number of halogens is 2. The van der Waals surface area contributed by atoms with Gasteiger partial charge < -0.3 is 31.1 Å². The lowest BCUT2D eigenvalue weighted by molar-refractivity contribution is 0.158. The highest BCUT2D eigenvalue weighted by Gasteiger charge is 2.43. The van der Waals surface area contributed by atoms with Crippen molar-refractivity contribution in [3.05, 3.63) is 117 Å². The first-order chi connectivity index (χ1) is 20.0. The van der Waals surface area contributed by atoms with Crippen molar-refractivity contribution in [3.63, 3.8) is 0 Å². The number of carbonyl (C=O) groups excluding carboxylic acids is 2. The van der Waals surface area contributed by atoms with Crippen molar-refractivity contribution in [2.45, 2.75) is 31.8 Å². The van der Waals surface area contributed by atoms with Crippen LogP contribution >= 0.6 is 23.2 Å². The highest BCUT2D eigenvalue weighted by atomic mass is 35.5. The molecule has 0 aromatic heterocycles. The van der Waals surface area contributed by atoms with Crippen molar-refractivity contribution >= 4 is 46.6 Å². The molecule has 8 nitrogen and oxygen atoms in total. The largest absolute Gasteiger partial charge is 0.508 e. The number of hydrogen-bond acceptors (Lipinski definition) is 4. The molecule has 2 unspecified atom stereocenters. The summed E-state index contributed by atoms with van der Waals surface area (Å²) in [6, 6.07) is 24.7. The van der Waals surface area contributed by atoms with Crippen LogP contribution in [-0.2, 0) is 11.1 Å². The molecule has 10 heteroatoms. The van der Waals surface area contributed by atoms with Gasteiger partial charge in [-0.05, 0) is 68.3 Å². The zero-order chi connectivity index (χ0) is 30.2. The lowest BCUT2D eigenvalue weighted by Crippen LogP contribution is -2.53. The Morgan fingerprint density at radius 3 is 2.14 bits per heavy atom. The van der Waals surface area contributed by atoms with E-state index >= 15 is 0 Å². The zero-order valence-electron chi connectivity index (χ0n) is 23.2. The van der Waals surface area contributed by atoms with E-state index in [1.807, 2.05) is 57.2 Å². The number of benzene rings is 4. The van der Waals surface area contributed by atoms with E-state index < -0.39 is 11.1 Å². The number of aromatic hydroxyl groups is 2. The van der Waals surface area contributed by atoms with Crippen LogP contribution in [0.15, 0.2) is 84.9 Å². The number of urea groups is 2. The number of anilines is 2. The first-order valence-electron chi connectivity index (χ1n) is 13.3. The van der Waals surface area contributed by atoms with Gasteiger partial charge in [0.15, 0.2) is 0 Å². The van der Waals surface area contributed by atoms with Crippen LogP contribution in [0.1, 0.15) is 43.0 Å². The van der Waals surface area contributed by atoms with Gasteiger partial charge in [-0.1, -0.05) is 65.7 Å². The maximum atomic E-state index is 12.5. The van der Waals surface area contributed by atoms with Crippen LogP contribution in [0.25, 0.3) is 0 Å². The molecule has 0 bridgehead atoms. The maximum absolute atomic E-state index is 12.5. The molecule has 2 atom stereocenters. The predicted molar refractivity (Wildman–Crippen MR) is 166 cm³/mol. The number of nitrogens with zero attached hydrogens (tertiary/aromatic N) is 1. The van der Waals surface area contributed by atoms with Crippen LogP contribution in [0.4, 0.5) is 21.0 Å². The first kappa shape index (κ1) is 29.1. The van der Waals surface area contributed by atoms with E-state index in [0.29, 0.717) is 17.3 Å². The third-order valence-corrected chi connectivity index (χ3v) is 8.40. The van der Waals surface area contributed by atoms with Crippen molar-refractivity contribution in [2.75, 3.05) is 17.2 Å². The van der Waals surface area contributed by atoms with Crippen molar-refractivity contribution in [1.29, 1.82) is 0 Å². The number of phenolic OH excluding ortho intramolecular Hbond substituents is 2. The SMILES string of the molecule is CC1(c2ccc(O)cc2)NC(=O)Nc2ccc(Cl)cc21.CCN1C(=O)Nc2cc(O)c(Cl)cc2C1(C)c1ccccc1. The minimum atomic E-state index is -0.698. The Balaban J connectivity index is 0.000000169. The third-order valence-electron chi connectivity index (χ3n) is 7.87. The Bertz CT molecular complexity index is 1670. The number of hydrogen-bond donors (Lipinski definition) is 5. The highest BCUT2D eigenvalue weighted by molar-refractivity contribution is 6.32. The second kappa shape index (κ2) is 11.1. The smallest absolute Gasteiger partial charge is 0.322 e. The molecule has 0 saturated carbocycles. The minimum absolute atomic E-state index is 0.0407. The van der Waals surface area contributed by atoms with Crippen molar-refractivity contribution in [2.24, 2.45) is 0 Å². The topological polar surface area (TPSA) is 114 Å². The summed E-state index contributed by atoms with van der Waals surface area (Å²) in [5.41, 5.74) is 3.58. The van der Waals surface area contributed by atoms with E-state index in [2.05, 4.69) is 16.0 Å². The van der Waals surface area contributed by atoms with Gasteiger partial charge in [-0.3, -0.25) is 0 Å². The van der Waals surface area contributed by atoms with Gasteiger partial charge in [0, 0.05) is 34.4 Å². The molecule has 5 N–H and O–H groups in total. The summed E-state index contributed by atoms with van der Waals surface area (Å²) in [6.07, 6.45) is 0. The van der Waals surface area contributed by atoms with Gasteiger partial charge in [0.1, 0.15) is 11.5 Å². The number of rotatable bonds is 3. The zero-order valence-corrected chi connectivity index (χ0v) is 24.7. The van der Waals surface area contributed by atoms with Crippen molar-refractivity contribution in [1.82, 2.24) is 10.2 Å². The quantitative estimate of drug-likeness (QED) is 0.165. The van der Waals surface area contributed by atoms with Crippen LogP contribution in [-0.4, -0.2) is 33.7 Å². The summed E-state index contributed by atoms with van der Waals surface area (Å²) in [5, 5.41) is 28.6. The fraction of sp³-hybridized carbons (Fsp3) is 0.188. The van der Waals surface area contributed by atoms with Crippen molar-refractivity contribution in [3.8, 4) is 11.5 Å². The van der Waals surface area contributed by atoms with Gasteiger partial charge in [-0.15, -0.1) is 0 Å². The van der Waals surface area contributed by atoms with E-state index in [4.69, 9.17) is 23.2 Å². The van der Waals surface area contributed by atoms with Crippen molar-refractivity contribution < 1.29 is 19.8 Å². The second-order valence-electron chi connectivity index (χ2n) is 10.4. The number of fused-ring (bicyclic) bond motifs is 2. The number of phenols is 2. The first-order valence-corrected chi connectivity index (χ1v) is 14.1. The average molecular weight is 606 g/mol. The van der Waals surface area contributed by atoms with Crippen LogP contribution in [0.5, 0.6) is 11.5 Å². The molecule has 4 aromatic carbocycles. The van der Waals surface area contributed by atoms with E-state index in [9.17, 15) is 19.8 Å². The summed E-state index contributed by atoms with van der Waals surface area (Å²) in [4.78, 5) is 26.1. The highest BCUT2D eigenvalue weighted by Crippen LogP contribution is 2.46. The fourth-order valence-corrected chi connectivity index (χ4v) is 5.98. The summed E-state index contributed by atoms with van der Waals surface area (Å²) in [5.74, 6) is 0.144. The molecule has 2 heterocycles. The molecule has 0 spiro atoms. The number of amides is 4. The second-order valence-corrected chi connectivity index (χ2v) is 11.2. The normalized spacial score (nSPS) is 20.6. The molecule has 4 amide bonds. The Labute approximate surface area is 253 Å². The lowest BCUT2D eigenvalue weighted by atomic mass is 9.80. The summed E-state index contributed by atoms with van der Waals surface area (Å²) in [7, 11) is 0. The lowest BCUT2D eigenvalue weighted by Gasteiger charge is -2.46. The van der Waals surface area contributed by atoms with E-state index in [1.165, 1.54) is 6.07 Å². The molecule has 216 valence electrons. The Hall–Kier alpha value is -4.40.